The van der Waals surface area contributed by atoms with E-state index in [9.17, 15) is 0 Å². The molecule has 0 heterocycles. The minimum atomic E-state index is -1.71. The summed E-state index contributed by atoms with van der Waals surface area (Å²) in [5.74, 6) is 0. The molecule has 0 radical (unpaired) electrons. The average molecular weight is 463 g/mol. The van der Waals surface area contributed by atoms with E-state index in [0.717, 1.165) is 12.1 Å². The number of benzene rings is 2. The molecule has 0 bridgehead atoms. The Morgan fingerprint density at radius 3 is 1.50 bits per heavy atom. The van der Waals surface area contributed by atoms with Gasteiger partial charge in [0, 0.05) is 0 Å². The van der Waals surface area contributed by atoms with Crippen LogP contribution in [-0.2, 0) is 19.2 Å². The second-order valence-corrected chi connectivity index (χ2v) is 18.0. The Hall–Kier alpha value is -0.569. The van der Waals surface area contributed by atoms with Crippen LogP contribution < -0.4 is 0 Å². The van der Waals surface area contributed by atoms with Crippen LogP contribution in [0.1, 0.15) is 58.4 Å². The van der Waals surface area contributed by atoms with Crippen LogP contribution in [0.4, 0.5) is 0 Å². The summed E-state index contributed by atoms with van der Waals surface area (Å²) in [6.07, 6.45) is 4.78. The van der Waals surface area contributed by atoms with E-state index < -0.39 is 6.69 Å². The molecule has 2 aliphatic carbocycles. The van der Waals surface area contributed by atoms with Crippen molar-refractivity contribution in [3.05, 3.63) is 81.9 Å². The van der Waals surface area contributed by atoms with Crippen molar-refractivity contribution in [2.75, 3.05) is 0 Å². The van der Waals surface area contributed by atoms with Crippen LogP contribution >= 0.6 is 22.2 Å². The van der Waals surface area contributed by atoms with Gasteiger partial charge >= 0.3 is 136 Å². The molecule has 0 N–H and O–H groups in total. The molecule has 2 aliphatic rings. The Morgan fingerprint density at radius 1 is 0.750 bits per heavy atom. The van der Waals surface area contributed by atoms with Gasteiger partial charge in [-0.25, -0.2) is 0 Å². The Labute approximate surface area is 189 Å². The summed E-state index contributed by atoms with van der Waals surface area (Å²) in [6.45, 7) is 7.00. The summed E-state index contributed by atoms with van der Waals surface area (Å²) in [6, 6.07) is 19.8. The molecular formula is C24H28Cl2SiTi. The molecule has 0 aromatic heterocycles. The Balaban J connectivity index is 0.000000279. The number of rotatable bonds is 4. The van der Waals surface area contributed by atoms with Crippen molar-refractivity contribution in [2.45, 2.75) is 48.2 Å². The van der Waals surface area contributed by atoms with Crippen LogP contribution in [-0.4, -0.2) is 6.69 Å². The fraction of sp³-hybridized carbons (Fsp3) is 0.333. The van der Waals surface area contributed by atoms with Crippen molar-refractivity contribution < 1.29 is 19.2 Å². The SMILES string of the molecule is CC1=Cc2ccccc2[CH]1[Ti][CH]1C(C)=Cc2ccccc21.CC[Si](Cl)(Cl)CC. The summed E-state index contributed by atoms with van der Waals surface area (Å²) in [4.78, 5) is 0. The van der Waals surface area contributed by atoms with Crippen molar-refractivity contribution in [1.29, 1.82) is 0 Å². The minimum absolute atomic E-state index is 0.137. The molecule has 2 aromatic carbocycles. The smallest absolute Gasteiger partial charge is 0.146 e. The van der Waals surface area contributed by atoms with Gasteiger partial charge in [0.15, 0.2) is 0 Å². The molecule has 0 amide bonds. The molecule has 4 heteroatoms. The third kappa shape index (κ3) is 4.94. The molecule has 0 aliphatic heterocycles. The maximum atomic E-state index is 5.81. The molecule has 2 atom stereocenters. The predicted octanol–water partition coefficient (Wildman–Crippen LogP) is 8.33. The first kappa shape index (κ1) is 22.1. The molecule has 2 aromatic rings. The quantitative estimate of drug-likeness (QED) is 0.316. The summed E-state index contributed by atoms with van der Waals surface area (Å²) in [5, 5.41) is 0. The van der Waals surface area contributed by atoms with Gasteiger partial charge in [0.25, 0.3) is 6.69 Å². The minimum Gasteiger partial charge on any atom is -0.146 e. The molecule has 2 unspecified atom stereocenters. The largest absolute Gasteiger partial charge is 0.250 e. The second kappa shape index (κ2) is 9.49. The Kier molecular flexibility index (Phi) is 7.50. The van der Waals surface area contributed by atoms with Gasteiger partial charge in [-0.1, -0.05) is 13.8 Å². The van der Waals surface area contributed by atoms with Crippen LogP contribution in [0.15, 0.2) is 59.7 Å². The second-order valence-electron chi connectivity index (χ2n) is 7.63. The van der Waals surface area contributed by atoms with E-state index in [4.69, 9.17) is 22.2 Å². The maximum Gasteiger partial charge on any atom is 0.250 e. The van der Waals surface area contributed by atoms with Crippen LogP contribution in [0, 0.1) is 0 Å². The molecule has 0 nitrogen and oxygen atoms in total. The van der Waals surface area contributed by atoms with E-state index in [1.807, 2.05) is 13.8 Å². The van der Waals surface area contributed by atoms with E-state index in [0.29, 0.717) is 8.45 Å². The van der Waals surface area contributed by atoms with E-state index >= 15 is 0 Å². The van der Waals surface area contributed by atoms with Crippen molar-refractivity contribution in [3.8, 4) is 0 Å². The molecule has 0 fully saturated rings. The van der Waals surface area contributed by atoms with Gasteiger partial charge in [0.2, 0.25) is 0 Å². The number of hydrogen-bond acceptors (Lipinski definition) is 0. The first-order chi connectivity index (χ1) is 13.4. The van der Waals surface area contributed by atoms with Gasteiger partial charge in [-0.3, -0.25) is 0 Å². The maximum absolute atomic E-state index is 5.81. The molecule has 28 heavy (non-hydrogen) atoms. The van der Waals surface area contributed by atoms with E-state index in [-0.39, 0.29) is 19.2 Å². The summed E-state index contributed by atoms with van der Waals surface area (Å²) in [7, 11) is 0. The number of fused-ring (bicyclic) bond motifs is 2. The first-order valence-corrected chi connectivity index (χ1v) is 16.3. The molecule has 146 valence electrons. The van der Waals surface area contributed by atoms with E-state index in [2.05, 4.69) is 74.5 Å². The topological polar surface area (TPSA) is 0 Å². The first-order valence-electron chi connectivity index (χ1n) is 10.0. The number of allylic oxidation sites excluding steroid dienone is 2. The Morgan fingerprint density at radius 2 is 1.14 bits per heavy atom. The van der Waals surface area contributed by atoms with Crippen molar-refractivity contribution >= 4 is 41.0 Å². The molecule has 4 rings (SSSR count). The fourth-order valence-corrected chi connectivity index (χ4v) is 7.30. The van der Waals surface area contributed by atoms with Gasteiger partial charge in [-0.05, 0) is 12.1 Å². The number of hydrogen-bond donors (Lipinski definition) is 0. The van der Waals surface area contributed by atoms with Crippen LogP contribution in [0.25, 0.3) is 12.2 Å². The van der Waals surface area contributed by atoms with Crippen LogP contribution in [0.3, 0.4) is 0 Å². The van der Waals surface area contributed by atoms with Crippen molar-refractivity contribution in [2.24, 2.45) is 0 Å². The van der Waals surface area contributed by atoms with Gasteiger partial charge < -0.3 is 0 Å². The van der Waals surface area contributed by atoms with Crippen molar-refractivity contribution in [3.63, 3.8) is 0 Å². The van der Waals surface area contributed by atoms with Gasteiger partial charge in [-0.2, -0.15) is 0 Å². The number of halogens is 2. The zero-order valence-corrected chi connectivity index (χ0v) is 21.2. The van der Waals surface area contributed by atoms with E-state index in [1.165, 1.54) is 11.1 Å². The standard InChI is InChI=1S/2C10H9.C4H10Cl2Si.Ti/c2*1-8-6-9-4-2-3-5-10(9)7-8;1-3-7(5,6)4-2;/h2*2-7H,1H3;3-4H2,1-2H3;. The molecular weight excluding hydrogens is 435 g/mol. The fourth-order valence-electron chi connectivity index (χ4n) is 3.82. The monoisotopic (exact) mass is 462 g/mol. The normalized spacial score (nSPS) is 19.8. The van der Waals surface area contributed by atoms with Crippen molar-refractivity contribution in [1.82, 2.24) is 0 Å². The zero-order valence-electron chi connectivity index (χ0n) is 17.1. The predicted molar refractivity (Wildman–Crippen MR) is 124 cm³/mol. The summed E-state index contributed by atoms with van der Waals surface area (Å²) >= 11 is 11.5. The molecule has 0 saturated heterocycles. The van der Waals surface area contributed by atoms with Crippen LogP contribution in [0.2, 0.25) is 12.1 Å². The van der Waals surface area contributed by atoms with Crippen LogP contribution in [0.5, 0.6) is 0 Å². The molecule has 0 spiro atoms. The van der Waals surface area contributed by atoms with Gasteiger partial charge in [0.1, 0.15) is 0 Å². The van der Waals surface area contributed by atoms with Gasteiger partial charge in [0.05, 0.1) is 0 Å². The third-order valence-corrected chi connectivity index (χ3v) is 14.4. The van der Waals surface area contributed by atoms with E-state index in [1.54, 1.807) is 22.3 Å². The average Bonchev–Trinajstić information content (AvgIpc) is 3.19. The summed E-state index contributed by atoms with van der Waals surface area (Å²) in [5.41, 5.74) is 9.13. The third-order valence-electron chi connectivity index (χ3n) is 5.66. The molecule has 0 saturated carbocycles. The summed E-state index contributed by atoms with van der Waals surface area (Å²) < 4.78 is 1.39. The van der Waals surface area contributed by atoms with Gasteiger partial charge in [-0.15, -0.1) is 22.2 Å². The Bertz CT molecular complexity index is 829. The zero-order chi connectivity index (χ0) is 20.3.